The second kappa shape index (κ2) is 7.21. The number of benzene rings is 1. The zero-order chi connectivity index (χ0) is 14.4. The number of nitro groups is 1. The average Bonchev–Trinajstić information content (AvgIpc) is 2.48. The van der Waals surface area contributed by atoms with Crippen LogP contribution in [0.2, 0.25) is 0 Å². The van der Waals surface area contributed by atoms with Gasteiger partial charge in [0, 0.05) is 18.7 Å². The Morgan fingerprint density at radius 1 is 1.40 bits per heavy atom. The van der Waals surface area contributed by atoms with Crippen molar-refractivity contribution in [1.29, 1.82) is 0 Å². The Morgan fingerprint density at radius 3 is 2.95 bits per heavy atom. The number of aliphatic hydroxyl groups is 1. The number of rotatable bonds is 6. The van der Waals surface area contributed by atoms with Gasteiger partial charge in [-0.3, -0.25) is 15.0 Å². The van der Waals surface area contributed by atoms with Crippen LogP contribution in [-0.4, -0.2) is 47.3 Å². The van der Waals surface area contributed by atoms with Gasteiger partial charge in [0.15, 0.2) is 5.75 Å². The summed E-state index contributed by atoms with van der Waals surface area (Å²) in [4.78, 5) is 12.6. The van der Waals surface area contributed by atoms with Crippen LogP contribution in [0.25, 0.3) is 0 Å². The number of hydrogen-bond acceptors (Lipinski definition) is 5. The lowest BCUT2D eigenvalue weighted by Gasteiger charge is -2.34. The smallest absolute Gasteiger partial charge is 0.310 e. The minimum Gasteiger partial charge on any atom is -0.485 e. The van der Waals surface area contributed by atoms with Crippen LogP contribution in [0.3, 0.4) is 0 Å². The van der Waals surface area contributed by atoms with Gasteiger partial charge in [-0.15, -0.1) is 0 Å². The maximum Gasteiger partial charge on any atom is 0.310 e. The van der Waals surface area contributed by atoms with Crippen molar-refractivity contribution in [1.82, 2.24) is 4.90 Å². The molecule has 1 aliphatic heterocycles. The van der Waals surface area contributed by atoms with Gasteiger partial charge in [0.05, 0.1) is 11.5 Å². The fourth-order valence-electron chi connectivity index (χ4n) is 2.56. The molecule has 6 nitrogen and oxygen atoms in total. The second-order valence-corrected chi connectivity index (χ2v) is 4.94. The van der Waals surface area contributed by atoms with Crippen molar-refractivity contribution in [3.8, 4) is 5.75 Å². The lowest BCUT2D eigenvalue weighted by molar-refractivity contribution is -0.385. The van der Waals surface area contributed by atoms with E-state index in [4.69, 9.17) is 4.74 Å². The molecule has 0 saturated carbocycles. The zero-order valence-corrected chi connectivity index (χ0v) is 11.4. The molecule has 0 bridgehead atoms. The summed E-state index contributed by atoms with van der Waals surface area (Å²) < 4.78 is 5.53. The molecule has 0 amide bonds. The van der Waals surface area contributed by atoms with Crippen LogP contribution >= 0.6 is 0 Å². The van der Waals surface area contributed by atoms with E-state index in [-0.39, 0.29) is 18.3 Å². The third-order valence-electron chi connectivity index (χ3n) is 3.66. The molecule has 110 valence electrons. The number of para-hydroxylation sites is 2. The standard InChI is InChI=1S/C14H20N2O4/c17-11-12-5-3-4-8-15(12)9-10-20-14-7-2-1-6-13(14)16(18)19/h1-2,6-7,12,17H,3-5,8-11H2. The molecule has 1 aliphatic rings. The predicted octanol–water partition coefficient (Wildman–Crippen LogP) is 1.82. The van der Waals surface area contributed by atoms with Crippen molar-refractivity contribution in [2.75, 3.05) is 26.3 Å². The normalized spacial score (nSPS) is 19.8. The van der Waals surface area contributed by atoms with Crippen LogP contribution in [0.1, 0.15) is 19.3 Å². The quantitative estimate of drug-likeness (QED) is 0.635. The summed E-state index contributed by atoms with van der Waals surface area (Å²) in [6, 6.07) is 6.58. The van der Waals surface area contributed by atoms with Gasteiger partial charge in [-0.05, 0) is 25.5 Å². The Morgan fingerprint density at radius 2 is 2.20 bits per heavy atom. The molecule has 2 rings (SSSR count). The monoisotopic (exact) mass is 280 g/mol. The molecule has 1 aromatic rings. The fourth-order valence-corrected chi connectivity index (χ4v) is 2.56. The van der Waals surface area contributed by atoms with E-state index in [1.54, 1.807) is 18.2 Å². The summed E-state index contributed by atoms with van der Waals surface area (Å²) in [5.74, 6) is 0.301. The molecule has 1 unspecified atom stereocenters. The van der Waals surface area contributed by atoms with Crippen LogP contribution < -0.4 is 4.74 Å². The first-order valence-electron chi connectivity index (χ1n) is 6.93. The van der Waals surface area contributed by atoms with Gasteiger partial charge in [-0.25, -0.2) is 0 Å². The van der Waals surface area contributed by atoms with E-state index in [9.17, 15) is 15.2 Å². The Bertz CT molecular complexity index is 453. The van der Waals surface area contributed by atoms with Crippen molar-refractivity contribution >= 4 is 5.69 Å². The number of nitro benzene ring substituents is 1. The number of nitrogens with zero attached hydrogens (tertiary/aromatic N) is 2. The Labute approximate surface area is 118 Å². The van der Waals surface area contributed by atoms with E-state index in [2.05, 4.69) is 4.90 Å². The first-order valence-corrected chi connectivity index (χ1v) is 6.93. The van der Waals surface area contributed by atoms with Gasteiger partial charge in [0.2, 0.25) is 0 Å². The SMILES string of the molecule is O=[N+]([O-])c1ccccc1OCCN1CCCCC1CO. The maximum absolute atomic E-state index is 10.9. The Hall–Kier alpha value is -1.66. The van der Waals surface area contributed by atoms with E-state index in [1.165, 1.54) is 6.07 Å². The highest BCUT2D eigenvalue weighted by Crippen LogP contribution is 2.25. The molecular weight excluding hydrogens is 260 g/mol. The molecular formula is C14H20N2O4. The van der Waals surface area contributed by atoms with Crippen molar-refractivity contribution < 1.29 is 14.8 Å². The molecule has 1 heterocycles. The number of hydrogen-bond donors (Lipinski definition) is 1. The molecule has 0 aliphatic carbocycles. The summed E-state index contributed by atoms with van der Waals surface area (Å²) in [5, 5.41) is 20.2. The van der Waals surface area contributed by atoms with Gasteiger partial charge in [-0.2, -0.15) is 0 Å². The zero-order valence-electron chi connectivity index (χ0n) is 11.4. The first kappa shape index (κ1) is 14.7. The van der Waals surface area contributed by atoms with E-state index in [0.717, 1.165) is 25.8 Å². The van der Waals surface area contributed by atoms with E-state index in [1.807, 2.05) is 0 Å². The van der Waals surface area contributed by atoms with Gasteiger partial charge < -0.3 is 9.84 Å². The van der Waals surface area contributed by atoms with Crippen molar-refractivity contribution in [3.05, 3.63) is 34.4 Å². The highest BCUT2D eigenvalue weighted by atomic mass is 16.6. The molecule has 1 atom stereocenters. The van der Waals surface area contributed by atoms with Gasteiger partial charge in [0.25, 0.3) is 0 Å². The lowest BCUT2D eigenvalue weighted by Crippen LogP contribution is -2.43. The van der Waals surface area contributed by atoms with E-state index >= 15 is 0 Å². The van der Waals surface area contributed by atoms with E-state index in [0.29, 0.717) is 18.9 Å². The third-order valence-corrected chi connectivity index (χ3v) is 3.66. The van der Waals surface area contributed by atoms with Crippen LogP contribution in [0, 0.1) is 10.1 Å². The predicted molar refractivity (Wildman–Crippen MR) is 74.9 cm³/mol. The molecule has 1 fully saturated rings. The summed E-state index contributed by atoms with van der Waals surface area (Å²) in [6.07, 6.45) is 3.27. The minimum atomic E-state index is -0.438. The number of piperidine rings is 1. The molecule has 1 saturated heterocycles. The molecule has 6 heteroatoms. The van der Waals surface area contributed by atoms with Crippen LogP contribution in [0.5, 0.6) is 5.75 Å². The summed E-state index contributed by atoms with van der Waals surface area (Å²) in [7, 11) is 0. The highest BCUT2D eigenvalue weighted by Gasteiger charge is 2.21. The van der Waals surface area contributed by atoms with Gasteiger partial charge in [-0.1, -0.05) is 18.6 Å². The largest absolute Gasteiger partial charge is 0.485 e. The van der Waals surface area contributed by atoms with Crippen LogP contribution in [0.4, 0.5) is 5.69 Å². The van der Waals surface area contributed by atoms with Gasteiger partial charge >= 0.3 is 5.69 Å². The number of aliphatic hydroxyl groups excluding tert-OH is 1. The molecule has 0 aromatic heterocycles. The number of ether oxygens (including phenoxy) is 1. The van der Waals surface area contributed by atoms with Crippen molar-refractivity contribution in [2.45, 2.75) is 25.3 Å². The topological polar surface area (TPSA) is 75.8 Å². The van der Waals surface area contributed by atoms with E-state index < -0.39 is 4.92 Å². The number of likely N-dealkylation sites (tertiary alicyclic amines) is 1. The van der Waals surface area contributed by atoms with Crippen LogP contribution in [0.15, 0.2) is 24.3 Å². The molecule has 1 aromatic carbocycles. The molecule has 0 spiro atoms. The molecule has 0 radical (unpaired) electrons. The third kappa shape index (κ3) is 3.68. The Kier molecular flexibility index (Phi) is 5.31. The Balaban J connectivity index is 1.88. The first-order chi connectivity index (χ1) is 9.72. The van der Waals surface area contributed by atoms with Crippen molar-refractivity contribution in [3.63, 3.8) is 0 Å². The fraction of sp³-hybridized carbons (Fsp3) is 0.571. The highest BCUT2D eigenvalue weighted by molar-refractivity contribution is 5.45. The summed E-state index contributed by atoms with van der Waals surface area (Å²) >= 11 is 0. The second-order valence-electron chi connectivity index (χ2n) is 4.94. The summed E-state index contributed by atoms with van der Waals surface area (Å²) in [5.41, 5.74) is -0.00940. The summed E-state index contributed by atoms with van der Waals surface area (Å²) in [6.45, 7) is 2.18. The minimum absolute atomic E-state index is 0.00940. The molecule has 1 N–H and O–H groups in total. The average molecular weight is 280 g/mol. The maximum atomic E-state index is 10.9. The lowest BCUT2D eigenvalue weighted by atomic mass is 10.0. The molecule has 20 heavy (non-hydrogen) atoms. The van der Waals surface area contributed by atoms with Gasteiger partial charge in [0.1, 0.15) is 6.61 Å². The van der Waals surface area contributed by atoms with Crippen LogP contribution in [-0.2, 0) is 0 Å². The van der Waals surface area contributed by atoms with Crippen molar-refractivity contribution in [2.24, 2.45) is 0 Å².